The highest BCUT2D eigenvalue weighted by Gasteiger charge is 2.17. The van der Waals surface area contributed by atoms with Crippen molar-refractivity contribution >= 4 is 44.5 Å². The molecular weight excluding hydrogens is 410 g/mol. The van der Waals surface area contributed by atoms with Crippen molar-refractivity contribution in [3.05, 3.63) is 65.8 Å². The Hall–Kier alpha value is -2.84. The van der Waals surface area contributed by atoms with Crippen LogP contribution in [0.4, 0.5) is 22.9 Å². The van der Waals surface area contributed by atoms with Gasteiger partial charge >= 0.3 is 0 Å². The first-order valence-electron chi connectivity index (χ1n) is 9.23. The van der Waals surface area contributed by atoms with E-state index < -0.39 is 10.0 Å². The molecule has 1 aromatic heterocycles. The number of rotatable bonds is 6. The third-order valence-electron chi connectivity index (χ3n) is 4.65. The van der Waals surface area contributed by atoms with E-state index in [1.807, 2.05) is 6.07 Å². The summed E-state index contributed by atoms with van der Waals surface area (Å²) in [6.07, 6.45) is 4.15. The topological polar surface area (TPSA) is 87.2 Å². The number of sulfonamides is 1. The highest BCUT2D eigenvalue weighted by atomic mass is 35.5. The Morgan fingerprint density at radius 2 is 1.66 bits per heavy atom. The Bertz CT molecular complexity index is 1100. The van der Waals surface area contributed by atoms with Crippen molar-refractivity contribution in [1.82, 2.24) is 10.2 Å². The number of aromatic nitrogens is 2. The van der Waals surface area contributed by atoms with Gasteiger partial charge in [0.15, 0.2) is 5.82 Å². The first-order chi connectivity index (χ1) is 14.0. The van der Waals surface area contributed by atoms with Gasteiger partial charge in [0.05, 0.1) is 16.9 Å². The van der Waals surface area contributed by atoms with Gasteiger partial charge in [0.2, 0.25) is 0 Å². The minimum atomic E-state index is -3.76. The van der Waals surface area contributed by atoms with Crippen molar-refractivity contribution in [2.24, 2.45) is 0 Å². The Balaban J connectivity index is 1.46. The Kier molecular flexibility index (Phi) is 5.55. The van der Waals surface area contributed by atoms with Crippen molar-refractivity contribution in [2.75, 3.05) is 28.0 Å². The zero-order valence-electron chi connectivity index (χ0n) is 15.5. The molecule has 0 amide bonds. The van der Waals surface area contributed by atoms with Crippen LogP contribution in [-0.4, -0.2) is 31.7 Å². The maximum atomic E-state index is 12.5. The summed E-state index contributed by atoms with van der Waals surface area (Å²) in [5.41, 5.74) is 2.26. The molecule has 1 saturated heterocycles. The second-order valence-electron chi connectivity index (χ2n) is 6.73. The molecule has 0 saturated carbocycles. The molecule has 3 aromatic rings. The van der Waals surface area contributed by atoms with Gasteiger partial charge in [-0.15, -0.1) is 5.10 Å². The van der Waals surface area contributed by atoms with Crippen molar-refractivity contribution in [3.8, 4) is 0 Å². The van der Waals surface area contributed by atoms with Crippen molar-refractivity contribution in [2.45, 2.75) is 17.7 Å². The number of hydrogen-bond acceptors (Lipinski definition) is 6. The fraction of sp³-hybridized carbons (Fsp3) is 0.200. The maximum absolute atomic E-state index is 12.5. The van der Waals surface area contributed by atoms with E-state index in [4.69, 9.17) is 11.6 Å². The molecule has 9 heteroatoms. The lowest BCUT2D eigenvalue weighted by molar-refractivity contribution is 0.601. The zero-order valence-corrected chi connectivity index (χ0v) is 17.1. The van der Waals surface area contributed by atoms with Crippen LogP contribution in [0.5, 0.6) is 0 Å². The van der Waals surface area contributed by atoms with E-state index in [0.717, 1.165) is 24.5 Å². The van der Waals surface area contributed by atoms with Crippen LogP contribution in [0.3, 0.4) is 0 Å². The molecule has 0 bridgehead atoms. The molecule has 0 spiro atoms. The Labute approximate surface area is 174 Å². The molecule has 2 N–H and O–H groups in total. The first-order valence-corrected chi connectivity index (χ1v) is 11.1. The van der Waals surface area contributed by atoms with E-state index >= 15 is 0 Å². The normalized spacial score (nSPS) is 14.0. The van der Waals surface area contributed by atoms with E-state index in [2.05, 4.69) is 25.1 Å². The molecule has 0 aliphatic carbocycles. The Morgan fingerprint density at radius 3 is 2.38 bits per heavy atom. The predicted molar refractivity (Wildman–Crippen MR) is 115 cm³/mol. The molecular formula is C20H20ClN5O2S. The van der Waals surface area contributed by atoms with E-state index in [-0.39, 0.29) is 9.92 Å². The maximum Gasteiger partial charge on any atom is 0.263 e. The van der Waals surface area contributed by atoms with Gasteiger partial charge in [-0.05, 0) is 49.2 Å². The lowest BCUT2D eigenvalue weighted by Gasteiger charge is -2.17. The average Bonchev–Trinajstić information content (AvgIpc) is 3.25. The van der Waals surface area contributed by atoms with Gasteiger partial charge < -0.3 is 10.2 Å². The van der Waals surface area contributed by atoms with Crippen molar-refractivity contribution < 1.29 is 8.42 Å². The van der Waals surface area contributed by atoms with Crippen LogP contribution in [0.2, 0.25) is 5.02 Å². The van der Waals surface area contributed by atoms with Crippen LogP contribution in [0, 0.1) is 0 Å². The fourth-order valence-electron chi connectivity index (χ4n) is 3.21. The fourth-order valence-corrected chi connectivity index (χ4v) is 4.79. The lowest BCUT2D eigenvalue weighted by atomic mass is 10.3. The Morgan fingerprint density at radius 1 is 0.966 bits per heavy atom. The van der Waals surface area contributed by atoms with Gasteiger partial charge in [-0.2, -0.15) is 5.10 Å². The second-order valence-corrected chi connectivity index (χ2v) is 8.79. The molecule has 29 heavy (non-hydrogen) atoms. The minimum Gasteiger partial charge on any atom is -0.370 e. The molecule has 4 rings (SSSR count). The number of anilines is 4. The summed E-state index contributed by atoms with van der Waals surface area (Å²) in [6, 6.07) is 15.2. The van der Waals surface area contributed by atoms with Gasteiger partial charge in [0.25, 0.3) is 10.0 Å². The van der Waals surface area contributed by atoms with Crippen LogP contribution < -0.4 is 14.9 Å². The van der Waals surface area contributed by atoms with Crippen LogP contribution in [0.25, 0.3) is 0 Å². The lowest BCUT2D eigenvalue weighted by Crippen LogP contribution is -2.18. The monoisotopic (exact) mass is 429 g/mol. The quantitative estimate of drug-likeness (QED) is 0.608. The number of benzene rings is 2. The van der Waals surface area contributed by atoms with Crippen LogP contribution in [0.1, 0.15) is 12.8 Å². The summed E-state index contributed by atoms with van der Waals surface area (Å²) in [5, 5.41) is 11.6. The second kappa shape index (κ2) is 8.26. The minimum absolute atomic E-state index is 0.0397. The molecule has 150 valence electrons. The third-order valence-corrected chi connectivity index (χ3v) is 6.53. The molecule has 2 aromatic carbocycles. The molecule has 7 nitrogen and oxygen atoms in total. The zero-order chi connectivity index (χ0) is 20.3. The van der Waals surface area contributed by atoms with Crippen molar-refractivity contribution in [3.63, 3.8) is 0 Å². The summed E-state index contributed by atoms with van der Waals surface area (Å²) in [6.45, 7) is 2.07. The molecule has 2 heterocycles. The predicted octanol–water partition coefficient (Wildman–Crippen LogP) is 4.27. The van der Waals surface area contributed by atoms with Gasteiger partial charge in [-0.3, -0.25) is 4.72 Å². The standard InChI is InChI=1S/C20H20ClN5O2S/c21-18-5-1-2-6-19(18)29(27,28)25-16-9-7-15(8-10-16)23-20-13-17(14-22-24-20)26-11-3-4-12-26/h1-2,5-10,13-14,25H,3-4,11-12H2,(H,23,24). The van der Waals surface area contributed by atoms with E-state index in [1.165, 1.54) is 18.9 Å². The average molecular weight is 430 g/mol. The number of nitrogens with one attached hydrogen (secondary N) is 2. The SMILES string of the molecule is O=S(=O)(Nc1ccc(Nc2cc(N3CCCC3)cnn2)cc1)c1ccccc1Cl. The van der Waals surface area contributed by atoms with Crippen LogP contribution >= 0.6 is 11.6 Å². The summed E-state index contributed by atoms with van der Waals surface area (Å²) >= 11 is 6.00. The van der Waals surface area contributed by atoms with Crippen LogP contribution in [-0.2, 0) is 10.0 Å². The molecule has 1 fully saturated rings. The number of nitrogens with zero attached hydrogens (tertiary/aromatic N) is 3. The highest BCUT2D eigenvalue weighted by Crippen LogP contribution is 2.26. The third kappa shape index (κ3) is 4.60. The van der Waals surface area contributed by atoms with Gasteiger partial charge in [-0.1, -0.05) is 23.7 Å². The van der Waals surface area contributed by atoms with Gasteiger partial charge in [0, 0.05) is 30.5 Å². The number of hydrogen-bond donors (Lipinski definition) is 2. The number of halogens is 1. The smallest absolute Gasteiger partial charge is 0.263 e. The summed E-state index contributed by atoms with van der Waals surface area (Å²) in [5.74, 6) is 0.638. The van der Waals surface area contributed by atoms with E-state index in [1.54, 1.807) is 48.7 Å². The largest absolute Gasteiger partial charge is 0.370 e. The van der Waals surface area contributed by atoms with E-state index in [0.29, 0.717) is 11.5 Å². The van der Waals surface area contributed by atoms with Crippen molar-refractivity contribution in [1.29, 1.82) is 0 Å². The van der Waals surface area contributed by atoms with E-state index in [9.17, 15) is 8.42 Å². The summed E-state index contributed by atoms with van der Waals surface area (Å²) in [7, 11) is -3.76. The van der Waals surface area contributed by atoms with Gasteiger partial charge in [0.1, 0.15) is 4.90 Å². The highest BCUT2D eigenvalue weighted by molar-refractivity contribution is 7.92. The summed E-state index contributed by atoms with van der Waals surface area (Å²) in [4.78, 5) is 2.32. The van der Waals surface area contributed by atoms with Crippen LogP contribution in [0.15, 0.2) is 65.7 Å². The molecule has 0 atom stereocenters. The van der Waals surface area contributed by atoms with Gasteiger partial charge in [-0.25, -0.2) is 8.42 Å². The molecule has 1 aliphatic rings. The molecule has 1 aliphatic heterocycles. The molecule has 0 unspecified atom stereocenters. The molecule has 0 radical (unpaired) electrons. The first kappa shape index (κ1) is 19.5. The summed E-state index contributed by atoms with van der Waals surface area (Å²) < 4.78 is 27.6.